The molecule has 1 aliphatic heterocycles. The van der Waals surface area contributed by atoms with Crippen molar-refractivity contribution in [2.75, 3.05) is 5.75 Å². The molecular formula is C14H15N3S. The zero-order valence-electron chi connectivity index (χ0n) is 10.4. The van der Waals surface area contributed by atoms with E-state index in [1.54, 1.807) is 0 Å². The summed E-state index contributed by atoms with van der Waals surface area (Å²) in [7, 11) is 2.06. The first-order chi connectivity index (χ1) is 8.81. The molecule has 0 aliphatic carbocycles. The lowest BCUT2D eigenvalue weighted by Gasteiger charge is -2.20. The van der Waals surface area contributed by atoms with Gasteiger partial charge in [0.05, 0.1) is 16.3 Å². The van der Waals surface area contributed by atoms with Gasteiger partial charge in [-0.2, -0.15) is 17.0 Å². The minimum absolute atomic E-state index is 0.489. The number of nitrogens with zero attached hydrogens (tertiary/aromatic N) is 3. The molecule has 1 atom stereocenters. The van der Waals surface area contributed by atoms with Crippen LogP contribution in [0, 0.1) is 11.3 Å². The average molecular weight is 257 g/mol. The molecule has 2 heterocycles. The minimum atomic E-state index is 0.489. The summed E-state index contributed by atoms with van der Waals surface area (Å²) in [4.78, 5) is 4.73. The van der Waals surface area contributed by atoms with Crippen LogP contribution in [-0.4, -0.2) is 15.3 Å². The Morgan fingerprint density at radius 2 is 2.33 bits per heavy atom. The molecule has 0 saturated carbocycles. The fourth-order valence-corrected chi connectivity index (χ4v) is 3.90. The maximum Gasteiger partial charge on any atom is 0.122 e. The van der Waals surface area contributed by atoms with Crippen LogP contribution in [-0.2, 0) is 7.05 Å². The third kappa shape index (κ3) is 1.79. The van der Waals surface area contributed by atoms with Crippen LogP contribution in [0.1, 0.15) is 35.9 Å². The van der Waals surface area contributed by atoms with E-state index in [4.69, 9.17) is 10.2 Å². The predicted octanol–water partition coefficient (Wildman–Crippen LogP) is 3.40. The van der Waals surface area contributed by atoms with Gasteiger partial charge in [0.25, 0.3) is 0 Å². The highest BCUT2D eigenvalue weighted by Gasteiger charge is 2.22. The highest BCUT2D eigenvalue weighted by molar-refractivity contribution is 7.99. The Kier molecular flexibility index (Phi) is 3.00. The molecule has 1 aliphatic rings. The zero-order valence-corrected chi connectivity index (χ0v) is 11.2. The molecule has 18 heavy (non-hydrogen) atoms. The summed E-state index contributed by atoms with van der Waals surface area (Å²) in [5.41, 5.74) is 2.59. The normalized spacial score (nSPS) is 19.9. The monoisotopic (exact) mass is 257 g/mol. The molecule has 1 unspecified atom stereocenters. The molecule has 1 saturated heterocycles. The van der Waals surface area contributed by atoms with Crippen LogP contribution < -0.4 is 0 Å². The lowest BCUT2D eigenvalue weighted by Crippen LogP contribution is -2.07. The SMILES string of the molecule is Cn1c(C2CCCCS2)nc2c(C#N)cccc21. The summed E-state index contributed by atoms with van der Waals surface area (Å²) in [5.74, 6) is 2.34. The average Bonchev–Trinajstić information content (AvgIpc) is 2.77. The van der Waals surface area contributed by atoms with Crippen molar-refractivity contribution in [1.82, 2.24) is 9.55 Å². The first kappa shape index (κ1) is 11.6. The Hall–Kier alpha value is -1.47. The van der Waals surface area contributed by atoms with Gasteiger partial charge in [-0.3, -0.25) is 0 Å². The van der Waals surface area contributed by atoms with Gasteiger partial charge in [-0.25, -0.2) is 4.98 Å². The number of hydrogen-bond donors (Lipinski definition) is 0. The zero-order chi connectivity index (χ0) is 12.5. The number of aryl methyl sites for hydroxylation is 1. The summed E-state index contributed by atoms with van der Waals surface area (Å²) < 4.78 is 2.15. The van der Waals surface area contributed by atoms with E-state index in [0.29, 0.717) is 10.8 Å². The molecule has 0 spiro atoms. The molecule has 4 heteroatoms. The van der Waals surface area contributed by atoms with Gasteiger partial charge in [0.15, 0.2) is 0 Å². The van der Waals surface area contributed by atoms with Crippen LogP contribution in [0.5, 0.6) is 0 Å². The molecule has 3 nitrogen and oxygen atoms in total. The fourth-order valence-electron chi connectivity index (χ4n) is 2.56. The van der Waals surface area contributed by atoms with Gasteiger partial charge in [-0.05, 0) is 30.7 Å². The molecule has 0 N–H and O–H groups in total. The van der Waals surface area contributed by atoms with Crippen LogP contribution in [0.3, 0.4) is 0 Å². The third-order valence-corrected chi connectivity index (χ3v) is 4.91. The third-order valence-electron chi connectivity index (χ3n) is 3.53. The largest absolute Gasteiger partial charge is 0.330 e. The van der Waals surface area contributed by atoms with Crippen molar-refractivity contribution in [3.05, 3.63) is 29.6 Å². The second-order valence-corrected chi connectivity index (χ2v) is 5.98. The van der Waals surface area contributed by atoms with Crippen molar-refractivity contribution in [3.63, 3.8) is 0 Å². The predicted molar refractivity (Wildman–Crippen MR) is 74.5 cm³/mol. The lowest BCUT2D eigenvalue weighted by atomic mass is 10.2. The maximum atomic E-state index is 9.14. The van der Waals surface area contributed by atoms with Crippen molar-refractivity contribution < 1.29 is 0 Å². The van der Waals surface area contributed by atoms with E-state index in [1.165, 1.54) is 25.0 Å². The standard InChI is InChI=1S/C14H15N3S/c1-17-11-6-4-5-10(9-15)13(11)16-14(17)12-7-2-3-8-18-12/h4-6,12H,2-3,7-8H2,1H3. The van der Waals surface area contributed by atoms with Gasteiger partial charge in [0, 0.05) is 7.05 Å². The van der Waals surface area contributed by atoms with Gasteiger partial charge in [0.2, 0.25) is 0 Å². The molecular weight excluding hydrogens is 242 g/mol. The van der Waals surface area contributed by atoms with Gasteiger partial charge in [-0.1, -0.05) is 12.5 Å². The van der Waals surface area contributed by atoms with E-state index >= 15 is 0 Å². The van der Waals surface area contributed by atoms with Gasteiger partial charge in [-0.15, -0.1) is 0 Å². The van der Waals surface area contributed by atoms with Crippen molar-refractivity contribution in [1.29, 1.82) is 5.26 Å². The summed E-state index contributed by atoms with van der Waals surface area (Å²) in [6.45, 7) is 0. The fraction of sp³-hybridized carbons (Fsp3) is 0.429. The lowest BCUT2D eigenvalue weighted by molar-refractivity contribution is 0.646. The highest BCUT2D eigenvalue weighted by Crippen LogP contribution is 2.38. The van der Waals surface area contributed by atoms with E-state index in [9.17, 15) is 0 Å². The second kappa shape index (κ2) is 4.66. The van der Waals surface area contributed by atoms with E-state index in [1.807, 2.05) is 30.0 Å². The maximum absolute atomic E-state index is 9.14. The molecule has 0 amide bonds. The quantitative estimate of drug-likeness (QED) is 0.786. The molecule has 1 fully saturated rings. The van der Waals surface area contributed by atoms with Gasteiger partial charge in [0.1, 0.15) is 17.4 Å². The number of aromatic nitrogens is 2. The number of thioether (sulfide) groups is 1. The number of fused-ring (bicyclic) bond motifs is 1. The number of rotatable bonds is 1. The number of benzene rings is 1. The first-order valence-electron chi connectivity index (χ1n) is 6.28. The van der Waals surface area contributed by atoms with Gasteiger partial charge >= 0.3 is 0 Å². The topological polar surface area (TPSA) is 41.6 Å². The van der Waals surface area contributed by atoms with Crippen molar-refractivity contribution in [2.24, 2.45) is 7.05 Å². The molecule has 2 aromatic rings. The van der Waals surface area contributed by atoms with Crippen LogP contribution in [0.4, 0.5) is 0 Å². The second-order valence-electron chi connectivity index (χ2n) is 4.67. The van der Waals surface area contributed by atoms with E-state index in [0.717, 1.165) is 16.9 Å². The Morgan fingerprint density at radius 1 is 1.44 bits per heavy atom. The Labute approximate surface area is 111 Å². The number of hydrogen-bond acceptors (Lipinski definition) is 3. The van der Waals surface area contributed by atoms with Crippen LogP contribution in [0.15, 0.2) is 18.2 Å². The van der Waals surface area contributed by atoms with Crippen molar-refractivity contribution in [3.8, 4) is 6.07 Å². The Bertz CT molecular complexity index is 618. The summed E-state index contributed by atoms with van der Waals surface area (Å²) in [5, 5.41) is 9.63. The molecule has 92 valence electrons. The summed E-state index contributed by atoms with van der Waals surface area (Å²) in [6.07, 6.45) is 3.80. The Balaban J connectivity index is 2.13. The van der Waals surface area contributed by atoms with E-state index < -0.39 is 0 Å². The molecule has 0 bridgehead atoms. The summed E-state index contributed by atoms with van der Waals surface area (Å²) in [6, 6.07) is 8.04. The molecule has 0 radical (unpaired) electrons. The Morgan fingerprint density at radius 3 is 3.06 bits per heavy atom. The number of imidazole rings is 1. The minimum Gasteiger partial charge on any atom is -0.330 e. The smallest absolute Gasteiger partial charge is 0.122 e. The van der Waals surface area contributed by atoms with Crippen LogP contribution in [0.25, 0.3) is 11.0 Å². The first-order valence-corrected chi connectivity index (χ1v) is 7.33. The van der Waals surface area contributed by atoms with Crippen molar-refractivity contribution >= 4 is 22.8 Å². The molecule has 1 aromatic heterocycles. The van der Waals surface area contributed by atoms with Crippen LogP contribution >= 0.6 is 11.8 Å². The molecule has 3 rings (SSSR count). The van der Waals surface area contributed by atoms with Gasteiger partial charge < -0.3 is 4.57 Å². The number of para-hydroxylation sites is 1. The molecule has 1 aromatic carbocycles. The summed E-state index contributed by atoms with van der Waals surface area (Å²) >= 11 is 1.99. The van der Waals surface area contributed by atoms with Crippen LogP contribution in [0.2, 0.25) is 0 Å². The number of nitriles is 1. The highest BCUT2D eigenvalue weighted by atomic mass is 32.2. The van der Waals surface area contributed by atoms with E-state index in [-0.39, 0.29) is 0 Å². The van der Waals surface area contributed by atoms with E-state index in [2.05, 4.69) is 17.7 Å². The van der Waals surface area contributed by atoms with Crippen molar-refractivity contribution in [2.45, 2.75) is 24.5 Å².